The topological polar surface area (TPSA) is 39.0 Å². The van der Waals surface area contributed by atoms with Crippen molar-refractivity contribution in [2.24, 2.45) is 5.92 Å². The van der Waals surface area contributed by atoms with Gasteiger partial charge in [-0.3, -0.25) is 9.13 Å². The Balaban J connectivity index is 1.59. The number of hydrogen-bond acceptors (Lipinski definition) is 2. The SMILES string of the molecule is O=c1n(CCC2CCCNC2)ccn1C1CC1. The molecule has 94 valence electrons. The van der Waals surface area contributed by atoms with E-state index in [1.807, 2.05) is 21.5 Å². The van der Waals surface area contributed by atoms with Gasteiger partial charge in [0.25, 0.3) is 0 Å². The number of imidazole rings is 1. The zero-order valence-corrected chi connectivity index (χ0v) is 10.3. The lowest BCUT2D eigenvalue weighted by Crippen LogP contribution is -2.31. The van der Waals surface area contributed by atoms with Crippen molar-refractivity contribution in [2.75, 3.05) is 13.1 Å². The Kier molecular flexibility index (Phi) is 3.05. The number of hydrogen-bond donors (Lipinski definition) is 1. The Morgan fingerprint density at radius 3 is 2.88 bits per heavy atom. The van der Waals surface area contributed by atoms with Crippen LogP contribution in [0.3, 0.4) is 0 Å². The first kappa shape index (κ1) is 11.1. The molecule has 1 atom stereocenters. The van der Waals surface area contributed by atoms with Crippen LogP contribution in [-0.4, -0.2) is 22.2 Å². The second kappa shape index (κ2) is 4.69. The maximum atomic E-state index is 12.0. The zero-order valence-electron chi connectivity index (χ0n) is 10.3. The Morgan fingerprint density at radius 2 is 2.18 bits per heavy atom. The predicted octanol–water partition coefficient (Wildman–Crippen LogP) is 1.37. The van der Waals surface area contributed by atoms with Crippen molar-refractivity contribution in [3.63, 3.8) is 0 Å². The van der Waals surface area contributed by atoms with Gasteiger partial charge in [-0.05, 0) is 51.1 Å². The molecule has 1 saturated heterocycles. The summed E-state index contributed by atoms with van der Waals surface area (Å²) in [5.74, 6) is 0.750. The van der Waals surface area contributed by atoms with Crippen LogP contribution in [0.1, 0.15) is 38.1 Å². The monoisotopic (exact) mass is 235 g/mol. The number of nitrogens with one attached hydrogen (secondary N) is 1. The molecule has 1 aromatic rings. The third-order valence-electron chi connectivity index (χ3n) is 3.99. The fourth-order valence-corrected chi connectivity index (χ4v) is 2.72. The molecule has 2 aliphatic rings. The quantitative estimate of drug-likeness (QED) is 0.856. The van der Waals surface area contributed by atoms with Gasteiger partial charge in [-0.15, -0.1) is 0 Å². The van der Waals surface area contributed by atoms with Crippen molar-refractivity contribution >= 4 is 0 Å². The molecule has 2 fully saturated rings. The van der Waals surface area contributed by atoms with Crippen LogP contribution in [0.5, 0.6) is 0 Å². The molecule has 3 rings (SSSR count). The lowest BCUT2D eigenvalue weighted by molar-refractivity contribution is 0.339. The first-order chi connectivity index (χ1) is 8.34. The molecule has 17 heavy (non-hydrogen) atoms. The summed E-state index contributed by atoms with van der Waals surface area (Å²) in [6, 6.07) is 0.500. The van der Waals surface area contributed by atoms with Gasteiger partial charge in [0.05, 0.1) is 0 Å². The summed E-state index contributed by atoms with van der Waals surface area (Å²) in [6.45, 7) is 3.16. The van der Waals surface area contributed by atoms with Gasteiger partial charge in [-0.25, -0.2) is 4.79 Å². The van der Waals surface area contributed by atoms with Crippen molar-refractivity contribution in [1.29, 1.82) is 0 Å². The molecule has 1 N–H and O–H groups in total. The molecule has 1 unspecified atom stereocenters. The van der Waals surface area contributed by atoms with E-state index in [0.29, 0.717) is 6.04 Å². The minimum atomic E-state index is 0.191. The number of aryl methyl sites for hydroxylation is 1. The first-order valence-electron chi connectivity index (χ1n) is 6.82. The van der Waals surface area contributed by atoms with E-state index in [2.05, 4.69) is 5.32 Å². The highest BCUT2D eigenvalue weighted by Crippen LogP contribution is 2.33. The Bertz CT molecular complexity index is 424. The number of aromatic nitrogens is 2. The van der Waals surface area contributed by atoms with Crippen LogP contribution in [-0.2, 0) is 6.54 Å². The van der Waals surface area contributed by atoms with Gasteiger partial charge in [0.15, 0.2) is 0 Å². The normalized spacial score (nSPS) is 25.1. The van der Waals surface area contributed by atoms with Crippen molar-refractivity contribution in [2.45, 2.75) is 44.7 Å². The molecule has 0 radical (unpaired) electrons. The fourth-order valence-electron chi connectivity index (χ4n) is 2.72. The van der Waals surface area contributed by atoms with Crippen LogP contribution in [0.4, 0.5) is 0 Å². The molecule has 0 spiro atoms. The third-order valence-corrected chi connectivity index (χ3v) is 3.99. The number of rotatable bonds is 4. The van der Waals surface area contributed by atoms with Crippen LogP contribution in [0.15, 0.2) is 17.2 Å². The van der Waals surface area contributed by atoms with Crippen LogP contribution in [0, 0.1) is 5.92 Å². The van der Waals surface area contributed by atoms with E-state index in [0.717, 1.165) is 32.0 Å². The third kappa shape index (κ3) is 2.46. The second-order valence-electron chi connectivity index (χ2n) is 5.41. The molecule has 1 aromatic heterocycles. The molecule has 4 heteroatoms. The van der Waals surface area contributed by atoms with E-state index in [1.54, 1.807) is 0 Å². The largest absolute Gasteiger partial charge is 0.328 e. The van der Waals surface area contributed by atoms with Gasteiger partial charge in [-0.2, -0.15) is 0 Å². The zero-order chi connectivity index (χ0) is 11.7. The summed E-state index contributed by atoms with van der Waals surface area (Å²) >= 11 is 0. The van der Waals surface area contributed by atoms with Gasteiger partial charge in [-0.1, -0.05) is 0 Å². The van der Waals surface area contributed by atoms with Crippen molar-refractivity contribution in [1.82, 2.24) is 14.5 Å². The molecule has 0 bridgehead atoms. The van der Waals surface area contributed by atoms with Crippen LogP contribution >= 0.6 is 0 Å². The average Bonchev–Trinajstić information content (AvgIpc) is 3.13. The summed E-state index contributed by atoms with van der Waals surface area (Å²) in [4.78, 5) is 12.0. The van der Waals surface area contributed by atoms with Crippen molar-refractivity contribution in [3.8, 4) is 0 Å². The number of nitrogens with zero attached hydrogens (tertiary/aromatic N) is 2. The molecular weight excluding hydrogens is 214 g/mol. The lowest BCUT2D eigenvalue weighted by Gasteiger charge is -2.22. The smallest absolute Gasteiger partial charge is 0.316 e. The van der Waals surface area contributed by atoms with E-state index in [1.165, 1.54) is 25.7 Å². The molecule has 0 aromatic carbocycles. The van der Waals surface area contributed by atoms with E-state index in [9.17, 15) is 4.79 Å². The maximum Gasteiger partial charge on any atom is 0.328 e. The molecule has 4 nitrogen and oxygen atoms in total. The summed E-state index contributed by atoms with van der Waals surface area (Å²) in [6.07, 6.45) is 9.98. The molecule has 2 heterocycles. The minimum absolute atomic E-state index is 0.191. The number of piperidine rings is 1. The van der Waals surface area contributed by atoms with E-state index < -0.39 is 0 Å². The summed E-state index contributed by atoms with van der Waals surface area (Å²) in [5.41, 5.74) is 0.191. The molecule has 1 aliphatic heterocycles. The summed E-state index contributed by atoms with van der Waals surface area (Å²) in [7, 11) is 0. The van der Waals surface area contributed by atoms with Crippen molar-refractivity contribution in [3.05, 3.63) is 22.9 Å². The Hall–Kier alpha value is -1.03. The van der Waals surface area contributed by atoms with Crippen LogP contribution in [0.2, 0.25) is 0 Å². The summed E-state index contributed by atoms with van der Waals surface area (Å²) in [5, 5.41) is 3.43. The highest BCUT2D eigenvalue weighted by Gasteiger charge is 2.25. The van der Waals surface area contributed by atoms with Crippen LogP contribution in [0.25, 0.3) is 0 Å². The maximum absolute atomic E-state index is 12.0. The standard InChI is InChI=1S/C13H21N3O/c17-13-15(8-9-16(13)12-3-4-12)7-5-11-2-1-6-14-10-11/h8-9,11-12,14H,1-7,10H2. The predicted molar refractivity (Wildman–Crippen MR) is 67.2 cm³/mol. The van der Waals surface area contributed by atoms with Crippen molar-refractivity contribution < 1.29 is 0 Å². The van der Waals surface area contributed by atoms with Crippen LogP contribution < -0.4 is 11.0 Å². The molecular formula is C13H21N3O. The first-order valence-corrected chi connectivity index (χ1v) is 6.82. The van der Waals surface area contributed by atoms with E-state index >= 15 is 0 Å². The Morgan fingerprint density at radius 1 is 1.29 bits per heavy atom. The molecule has 0 amide bonds. The minimum Gasteiger partial charge on any atom is -0.316 e. The fraction of sp³-hybridized carbons (Fsp3) is 0.769. The van der Waals surface area contributed by atoms with Gasteiger partial charge in [0.1, 0.15) is 0 Å². The summed E-state index contributed by atoms with van der Waals surface area (Å²) < 4.78 is 3.78. The molecule has 1 saturated carbocycles. The van der Waals surface area contributed by atoms with E-state index in [-0.39, 0.29) is 5.69 Å². The highest BCUT2D eigenvalue weighted by molar-refractivity contribution is 4.91. The van der Waals surface area contributed by atoms with Gasteiger partial charge < -0.3 is 5.32 Å². The molecule has 1 aliphatic carbocycles. The second-order valence-corrected chi connectivity index (χ2v) is 5.41. The lowest BCUT2D eigenvalue weighted by atomic mass is 9.96. The average molecular weight is 235 g/mol. The Labute approximate surface area is 102 Å². The van der Waals surface area contributed by atoms with Gasteiger partial charge in [0.2, 0.25) is 0 Å². The van der Waals surface area contributed by atoms with Gasteiger partial charge >= 0.3 is 5.69 Å². The van der Waals surface area contributed by atoms with E-state index in [4.69, 9.17) is 0 Å². The highest BCUT2D eigenvalue weighted by atomic mass is 16.1. The van der Waals surface area contributed by atoms with Gasteiger partial charge in [0, 0.05) is 25.0 Å².